The van der Waals surface area contributed by atoms with Crippen molar-refractivity contribution >= 4 is 11.9 Å². The van der Waals surface area contributed by atoms with Crippen LogP contribution in [0.4, 0.5) is 4.79 Å². The maximum atomic E-state index is 12.2. The number of hydrogen-bond donors (Lipinski definition) is 2. The predicted octanol–water partition coefficient (Wildman–Crippen LogP) is 2.20. The maximum Gasteiger partial charge on any atom is 0.317 e. The highest BCUT2D eigenvalue weighted by Crippen LogP contribution is 2.18. The fourth-order valence-electron chi connectivity index (χ4n) is 3.72. The number of urea groups is 1. The van der Waals surface area contributed by atoms with Crippen LogP contribution < -0.4 is 10.6 Å². The smallest absolute Gasteiger partial charge is 0.317 e. The number of amides is 3. The minimum Gasteiger partial charge on any atom is -0.353 e. The lowest BCUT2D eigenvalue weighted by molar-refractivity contribution is -0.121. The van der Waals surface area contributed by atoms with Crippen molar-refractivity contribution in [3.05, 3.63) is 17.5 Å². The van der Waals surface area contributed by atoms with Crippen molar-refractivity contribution in [1.82, 2.24) is 25.3 Å². The molecule has 1 saturated carbocycles. The molecule has 1 fully saturated rings. The van der Waals surface area contributed by atoms with E-state index in [0.717, 1.165) is 43.6 Å². The first kappa shape index (κ1) is 18.7. The van der Waals surface area contributed by atoms with E-state index in [2.05, 4.69) is 22.7 Å². The van der Waals surface area contributed by atoms with Crippen LogP contribution in [0.3, 0.4) is 0 Å². The molecule has 3 rings (SSSR count). The number of aromatic nitrogens is 2. The molecule has 0 radical (unpaired) electrons. The van der Waals surface area contributed by atoms with Gasteiger partial charge in [-0.25, -0.2) is 4.79 Å². The van der Waals surface area contributed by atoms with Crippen LogP contribution in [-0.2, 0) is 24.3 Å². The van der Waals surface area contributed by atoms with Gasteiger partial charge >= 0.3 is 6.03 Å². The molecule has 0 bridgehead atoms. The summed E-state index contributed by atoms with van der Waals surface area (Å²) in [4.78, 5) is 26.1. The summed E-state index contributed by atoms with van der Waals surface area (Å²) in [6.07, 6.45) is 7.88. The summed E-state index contributed by atoms with van der Waals surface area (Å²) in [7, 11) is 0. The summed E-state index contributed by atoms with van der Waals surface area (Å²) < 4.78 is 1.97. The summed E-state index contributed by atoms with van der Waals surface area (Å²) in [5.41, 5.74) is 1.99. The van der Waals surface area contributed by atoms with Crippen molar-refractivity contribution in [3.8, 4) is 0 Å². The number of carbonyl (C=O) groups excluding carboxylic acids is 2. The number of aryl methyl sites for hydroxylation is 1. The molecule has 7 nitrogen and oxygen atoms in total. The van der Waals surface area contributed by atoms with E-state index in [-0.39, 0.29) is 11.9 Å². The topological polar surface area (TPSA) is 79.3 Å². The molecule has 2 N–H and O–H groups in total. The number of nitrogens with one attached hydrogen (secondary N) is 2. The highest BCUT2D eigenvalue weighted by atomic mass is 16.2. The van der Waals surface area contributed by atoms with Crippen LogP contribution in [0.25, 0.3) is 0 Å². The number of unbranched alkanes of at least 4 members (excludes halogenated alkanes) is 1. The summed E-state index contributed by atoms with van der Waals surface area (Å²) in [6, 6.07) is 2.41. The molecule has 0 saturated heterocycles. The van der Waals surface area contributed by atoms with Gasteiger partial charge < -0.3 is 15.5 Å². The Bertz CT molecular complexity index is 621. The van der Waals surface area contributed by atoms with Gasteiger partial charge in [0.2, 0.25) is 5.91 Å². The van der Waals surface area contributed by atoms with Gasteiger partial charge in [0, 0.05) is 32.0 Å². The van der Waals surface area contributed by atoms with E-state index in [0.29, 0.717) is 38.5 Å². The van der Waals surface area contributed by atoms with Crippen molar-refractivity contribution in [2.45, 2.75) is 77.4 Å². The zero-order chi connectivity index (χ0) is 18.4. The number of hydrogen-bond acceptors (Lipinski definition) is 3. The SMILES string of the molecule is CCCCNC(=O)N1CCn2nc(CCC(=O)NC3CCCC3)cc2C1. The molecule has 2 heterocycles. The third kappa shape index (κ3) is 4.99. The van der Waals surface area contributed by atoms with Gasteiger partial charge in [0.1, 0.15) is 0 Å². The van der Waals surface area contributed by atoms with Crippen molar-refractivity contribution in [3.63, 3.8) is 0 Å². The zero-order valence-electron chi connectivity index (χ0n) is 15.8. The third-order valence-electron chi connectivity index (χ3n) is 5.27. The van der Waals surface area contributed by atoms with Gasteiger partial charge in [-0.1, -0.05) is 26.2 Å². The maximum absolute atomic E-state index is 12.2. The molecule has 144 valence electrons. The molecule has 1 aliphatic carbocycles. The lowest BCUT2D eigenvalue weighted by Gasteiger charge is -2.27. The highest BCUT2D eigenvalue weighted by Gasteiger charge is 2.22. The quantitative estimate of drug-likeness (QED) is 0.731. The minimum absolute atomic E-state index is 0.00314. The second-order valence-electron chi connectivity index (χ2n) is 7.41. The molecule has 0 unspecified atom stereocenters. The first-order chi connectivity index (χ1) is 12.7. The fourth-order valence-corrected chi connectivity index (χ4v) is 3.72. The molecule has 26 heavy (non-hydrogen) atoms. The van der Waals surface area contributed by atoms with Crippen molar-refractivity contribution in [1.29, 1.82) is 0 Å². The summed E-state index contributed by atoms with van der Waals surface area (Å²) in [5.74, 6) is 0.125. The van der Waals surface area contributed by atoms with Crippen molar-refractivity contribution in [2.75, 3.05) is 13.1 Å². The van der Waals surface area contributed by atoms with E-state index in [1.807, 2.05) is 15.6 Å². The first-order valence-corrected chi connectivity index (χ1v) is 10.0. The van der Waals surface area contributed by atoms with Crippen LogP contribution in [0.5, 0.6) is 0 Å². The van der Waals surface area contributed by atoms with Crippen LogP contribution in [0.2, 0.25) is 0 Å². The standard InChI is InChI=1S/C19H31N5O2/c1-2-3-10-20-19(26)23-11-12-24-17(14-23)13-16(22-24)8-9-18(25)21-15-6-4-5-7-15/h13,15H,2-12,14H2,1H3,(H,20,26)(H,21,25). The zero-order valence-corrected chi connectivity index (χ0v) is 15.8. The van der Waals surface area contributed by atoms with Crippen LogP contribution in [0.15, 0.2) is 6.07 Å². The highest BCUT2D eigenvalue weighted by molar-refractivity contribution is 5.76. The predicted molar refractivity (Wildman–Crippen MR) is 99.7 cm³/mol. The molecule has 7 heteroatoms. The molecule has 1 aromatic heterocycles. The Labute approximate surface area is 155 Å². The van der Waals surface area contributed by atoms with Crippen molar-refractivity contribution < 1.29 is 9.59 Å². The Morgan fingerprint density at radius 2 is 2.08 bits per heavy atom. The molecule has 1 aromatic rings. The first-order valence-electron chi connectivity index (χ1n) is 10.0. The minimum atomic E-state index is 0.00314. The van der Waals surface area contributed by atoms with Gasteiger partial charge in [-0.3, -0.25) is 9.48 Å². The molecular weight excluding hydrogens is 330 g/mol. The summed E-state index contributed by atoms with van der Waals surface area (Å²) in [6.45, 7) is 4.81. The van der Waals surface area contributed by atoms with Gasteiger partial charge in [0.05, 0.1) is 24.5 Å². The number of carbonyl (C=O) groups is 2. The number of nitrogens with zero attached hydrogens (tertiary/aromatic N) is 3. The Morgan fingerprint density at radius 3 is 2.85 bits per heavy atom. The van der Waals surface area contributed by atoms with Gasteiger partial charge in [-0.15, -0.1) is 0 Å². The monoisotopic (exact) mass is 361 g/mol. The lowest BCUT2D eigenvalue weighted by atomic mass is 10.2. The Balaban J connectivity index is 1.46. The number of rotatable bonds is 7. The fraction of sp³-hybridized carbons (Fsp3) is 0.737. The second kappa shape index (κ2) is 9.05. The van der Waals surface area contributed by atoms with Gasteiger partial charge in [-0.2, -0.15) is 5.10 Å². The van der Waals surface area contributed by atoms with Crippen LogP contribution in [0, 0.1) is 0 Å². The molecular formula is C19H31N5O2. The second-order valence-corrected chi connectivity index (χ2v) is 7.41. The van der Waals surface area contributed by atoms with E-state index in [4.69, 9.17) is 0 Å². The third-order valence-corrected chi connectivity index (χ3v) is 5.27. The largest absolute Gasteiger partial charge is 0.353 e. The van der Waals surface area contributed by atoms with E-state index < -0.39 is 0 Å². The Hall–Kier alpha value is -2.05. The van der Waals surface area contributed by atoms with Crippen LogP contribution in [-0.4, -0.2) is 45.8 Å². The molecule has 3 amide bonds. The van der Waals surface area contributed by atoms with E-state index >= 15 is 0 Å². The van der Waals surface area contributed by atoms with E-state index in [1.54, 1.807) is 0 Å². The molecule has 1 aliphatic heterocycles. The summed E-state index contributed by atoms with van der Waals surface area (Å²) >= 11 is 0. The molecule has 0 aromatic carbocycles. The normalized spacial score (nSPS) is 17.2. The van der Waals surface area contributed by atoms with Crippen LogP contribution in [0.1, 0.15) is 63.3 Å². The van der Waals surface area contributed by atoms with E-state index in [9.17, 15) is 9.59 Å². The Kier molecular flexibility index (Phi) is 6.52. The lowest BCUT2D eigenvalue weighted by Crippen LogP contribution is -2.44. The number of fused-ring (bicyclic) bond motifs is 1. The molecule has 0 spiro atoms. The molecule has 0 atom stereocenters. The average Bonchev–Trinajstić information content (AvgIpc) is 3.28. The Morgan fingerprint density at radius 1 is 1.27 bits per heavy atom. The van der Waals surface area contributed by atoms with E-state index in [1.165, 1.54) is 12.8 Å². The molecule has 2 aliphatic rings. The van der Waals surface area contributed by atoms with Crippen molar-refractivity contribution in [2.24, 2.45) is 0 Å². The summed E-state index contributed by atoms with van der Waals surface area (Å²) in [5, 5.41) is 10.7. The van der Waals surface area contributed by atoms with Gasteiger partial charge in [0.25, 0.3) is 0 Å². The van der Waals surface area contributed by atoms with Gasteiger partial charge in [-0.05, 0) is 25.3 Å². The van der Waals surface area contributed by atoms with Crippen LogP contribution >= 0.6 is 0 Å². The van der Waals surface area contributed by atoms with Gasteiger partial charge in [0.15, 0.2) is 0 Å². The average molecular weight is 361 g/mol.